The second-order valence-corrected chi connectivity index (χ2v) is 6.00. The van der Waals surface area contributed by atoms with Crippen molar-refractivity contribution in [3.8, 4) is 5.75 Å². The minimum atomic E-state index is -0.255. The first-order valence-electron chi connectivity index (χ1n) is 7.44. The van der Waals surface area contributed by atoms with Gasteiger partial charge in [-0.1, -0.05) is 35.0 Å². The number of hydrazone groups is 1. The van der Waals surface area contributed by atoms with Crippen LogP contribution in [0.4, 0.5) is 0 Å². The topological polar surface area (TPSA) is 50.7 Å². The van der Waals surface area contributed by atoms with Crippen LogP contribution < -0.4 is 10.2 Å². The van der Waals surface area contributed by atoms with Crippen molar-refractivity contribution in [2.75, 3.05) is 0 Å². The number of halogens is 1. The van der Waals surface area contributed by atoms with Crippen LogP contribution in [0.1, 0.15) is 36.2 Å². The van der Waals surface area contributed by atoms with Crippen LogP contribution in [0.3, 0.4) is 0 Å². The van der Waals surface area contributed by atoms with E-state index in [0.29, 0.717) is 5.56 Å². The quantitative estimate of drug-likeness (QED) is 0.601. The van der Waals surface area contributed by atoms with Crippen LogP contribution >= 0.6 is 15.9 Å². The van der Waals surface area contributed by atoms with Gasteiger partial charge >= 0.3 is 0 Å². The van der Waals surface area contributed by atoms with E-state index >= 15 is 0 Å². The fourth-order valence-electron chi connectivity index (χ4n) is 1.82. The summed E-state index contributed by atoms with van der Waals surface area (Å²) in [6.45, 7) is 4.09. The number of carbonyl (C=O) groups excluding carboxylic acids is 1. The zero-order valence-electron chi connectivity index (χ0n) is 13.1. The summed E-state index contributed by atoms with van der Waals surface area (Å²) < 4.78 is 6.77. The van der Waals surface area contributed by atoms with Crippen molar-refractivity contribution in [1.82, 2.24) is 5.43 Å². The lowest BCUT2D eigenvalue weighted by Gasteiger charge is -2.14. The van der Waals surface area contributed by atoms with Crippen LogP contribution in [0.15, 0.2) is 58.1 Å². The number of hydrogen-bond acceptors (Lipinski definition) is 3. The maximum absolute atomic E-state index is 12.0. The van der Waals surface area contributed by atoms with Crippen molar-refractivity contribution in [2.24, 2.45) is 5.10 Å². The summed E-state index contributed by atoms with van der Waals surface area (Å²) in [5.74, 6) is 0.498. The SMILES string of the molecule is CC[C@H](C)Oc1ccccc1/C=N\NC(=O)c1ccc(Br)cc1. The maximum Gasteiger partial charge on any atom is 0.271 e. The average molecular weight is 375 g/mol. The molecule has 2 aromatic rings. The van der Waals surface area contributed by atoms with Gasteiger partial charge in [-0.2, -0.15) is 5.10 Å². The summed E-state index contributed by atoms with van der Waals surface area (Å²) in [6.07, 6.45) is 2.64. The molecule has 0 heterocycles. The molecule has 0 aliphatic heterocycles. The van der Waals surface area contributed by atoms with Gasteiger partial charge in [0.25, 0.3) is 5.91 Å². The van der Waals surface area contributed by atoms with Crippen molar-refractivity contribution in [1.29, 1.82) is 0 Å². The van der Waals surface area contributed by atoms with Gasteiger partial charge in [-0.05, 0) is 49.7 Å². The van der Waals surface area contributed by atoms with Gasteiger partial charge in [0.1, 0.15) is 5.75 Å². The summed E-state index contributed by atoms with van der Waals surface area (Å²) in [6, 6.07) is 14.7. The van der Waals surface area contributed by atoms with Crippen molar-refractivity contribution in [3.63, 3.8) is 0 Å². The van der Waals surface area contributed by atoms with Gasteiger partial charge < -0.3 is 4.74 Å². The van der Waals surface area contributed by atoms with E-state index in [2.05, 4.69) is 33.4 Å². The molecule has 0 radical (unpaired) electrons. The summed E-state index contributed by atoms with van der Waals surface area (Å²) in [7, 11) is 0. The molecule has 0 saturated heterocycles. The molecular formula is C18H19BrN2O2. The van der Waals surface area contributed by atoms with E-state index in [1.54, 1.807) is 18.3 Å². The first-order chi connectivity index (χ1) is 11.1. The molecule has 5 heteroatoms. The Balaban J connectivity index is 2.03. The van der Waals surface area contributed by atoms with Gasteiger partial charge in [0, 0.05) is 15.6 Å². The predicted molar refractivity (Wildman–Crippen MR) is 96.0 cm³/mol. The lowest BCUT2D eigenvalue weighted by Crippen LogP contribution is -2.17. The molecule has 0 spiro atoms. The Morgan fingerprint density at radius 2 is 1.96 bits per heavy atom. The standard InChI is InChI=1S/C18H19BrN2O2/c1-3-13(2)23-17-7-5-4-6-15(17)12-20-21-18(22)14-8-10-16(19)11-9-14/h4-13H,3H2,1-2H3,(H,21,22)/b20-12-/t13-/m0/s1. The van der Waals surface area contributed by atoms with Crippen molar-refractivity contribution < 1.29 is 9.53 Å². The minimum Gasteiger partial charge on any atom is -0.490 e. The Hall–Kier alpha value is -2.14. The lowest BCUT2D eigenvalue weighted by molar-refractivity contribution is 0.0955. The average Bonchev–Trinajstić information content (AvgIpc) is 2.56. The van der Waals surface area contributed by atoms with E-state index in [-0.39, 0.29) is 12.0 Å². The third-order valence-corrected chi connectivity index (χ3v) is 3.83. The van der Waals surface area contributed by atoms with Gasteiger partial charge in [-0.25, -0.2) is 5.43 Å². The van der Waals surface area contributed by atoms with Gasteiger partial charge in [0.2, 0.25) is 0 Å². The largest absolute Gasteiger partial charge is 0.490 e. The number of hydrogen-bond donors (Lipinski definition) is 1. The number of para-hydroxylation sites is 1. The Kier molecular flexibility index (Phi) is 6.35. The highest BCUT2D eigenvalue weighted by Crippen LogP contribution is 2.18. The summed E-state index contributed by atoms with van der Waals surface area (Å²) >= 11 is 3.34. The minimum absolute atomic E-state index is 0.127. The van der Waals surface area contributed by atoms with Crippen molar-refractivity contribution in [3.05, 3.63) is 64.1 Å². The summed E-state index contributed by atoms with van der Waals surface area (Å²) in [4.78, 5) is 12.0. The monoisotopic (exact) mass is 374 g/mol. The molecule has 0 aromatic heterocycles. The molecule has 2 aromatic carbocycles. The molecule has 0 fully saturated rings. The third-order valence-electron chi connectivity index (χ3n) is 3.30. The second-order valence-electron chi connectivity index (χ2n) is 5.08. The molecule has 2 rings (SSSR count). The summed E-state index contributed by atoms with van der Waals surface area (Å²) in [5, 5.41) is 4.02. The first kappa shape index (κ1) is 17.2. The van der Waals surface area contributed by atoms with Crippen LogP contribution in [0, 0.1) is 0 Å². The Morgan fingerprint density at radius 1 is 1.26 bits per heavy atom. The zero-order valence-corrected chi connectivity index (χ0v) is 14.7. The number of benzene rings is 2. The van der Waals surface area contributed by atoms with E-state index in [9.17, 15) is 4.79 Å². The predicted octanol–water partition coefficient (Wildman–Crippen LogP) is 4.39. The van der Waals surface area contributed by atoms with Crippen LogP contribution in [0.2, 0.25) is 0 Å². The van der Waals surface area contributed by atoms with Crippen LogP contribution in [0.5, 0.6) is 5.75 Å². The number of ether oxygens (including phenoxy) is 1. The van der Waals surface area contributed by atoms with E-state index in [4.69, 9.17) is 4.74 Å². The number of carbonyl (C=O) groups is 1. The molecule has 120 valence electrons. The molecule has 23 heavy (non-hydrogen) atoms. The van der Waals surface area contributed by atoms with E-state index in [0.717, 1.165) is 22.2 Å². The van der Waals surface area contributed by atoms with Gasteiger partial charge in [0.05, 0.1) is 12.3 Å². The smallest absolute Gasteiger partial charge is 0.271 e. The van der Waals surface area contributed by atoms with Gasteiger partial charge in [-0.15, -0.1) is 0 Å². The number of nitrogens with zero attached hydrogens (tertiary/aromatic N) is 1. The van der Waals surface area contributed by atoms with E-state index < -0.39 is 0 Å². The summed E-state index contributed by atoms with van der Waals surface area (Å²) in [5.41, 5.74) is 3.89. The normalized spacial score (nSPS) is 12.1. The molecular weight excluding hydrogens is 356 g/mol. The Bertz CT molecular complexity index is 684. The maximum atomic E-state index is 12.0. The highest BCUT2D eigenvalue weighted by Gasteiger charge is 2.06. The van der Waals surface area contributed by atoms with Crippen LogP contribution in [-0.2, 0) is 0 Å². The molecule has 0 aliphatic rings. The van der Waals surface area contributed by atoms with E-state index in [1.165, 1.54) is 0 Å². The molecule has 0 bridgehead atoms. The molecule has 1 amide bonds. The van der Waals surface area contributed by atoms with Crippen molar-refractivity contribution in [2.45, 2.75) is 26.4 Å². The van der Waals surface area contributed by atoms with Crippen LogP contribution in [-0.4, -0.2) is 18.2 Å². The molecule has 0 saturated carbocycles. The fraction of sp³-hybridized carbons (Fsp3) is 0.222. The molecule has 0 aliphatic carbocycles. The molecule has 1 atom stereocenters. The van der Waals surface area contributed by atoms with Crippen LogP contribution in [0.25, 0.3) is 0 Å². The Morgan fingerprint density at radius 3 is 2.65 bits per heavy atom. The Labute approximate surface area is 144 Å². The third kappa shape index (κ3) is 5.21. The molecule has 0 unspecified atom stereocenters. The number of amides is 1. The molecule has 1 N–H and O–H groups in total. The molecule has 4 nitrogen and oxygen atoms in total. The van der Waals surface area contributed by atoms with Crippen molar-refractivity contribution >= 4 is 28.1 Å². The highest BCUT2D eigenvalue weighted by molar-refractivity contribution is 9.10. The number of rotatable bonds is 6. The fourth-order valence-corrected chi connectivity index (χ4v) is 2.09. The lowest BCUT2D eigenvalue weighted by atomic mass is 10.2. The van der Waals surface area contributed by atoms with E-state index in [1.807, 2.05) is 43.3 Å². The first-order valence-corrected chi connectivity index (χ1v) is 8.24. The van der Waals surface area contributed by atoms with Gasteiger partial charge in [0.15, 0.2) is 0 Å². The van der Waals surface area contributed by atoms with Gasteiger partial charge in [-0.3, -0.25) is 4.79 Å². The second kappa shape index (κ2) is 8.48. The number of nitrogens with one attached hydrogen (secondary N) is 1. The zero-order chi connectivity index (χ0) is 16.7. The highest BCUT2D eigenvalue weighted by atomic mass is 79.9.